The van der Waals surface area contributed by atoms with E-state index in [1.165, 1.54) is 11.1 Å². The Morgan fingerprint density at radius 2 is 2.05 bits per heavy atom. The van der Waals surface area contributed by atoms with Gasteiger partial charge < -0.3 is 10.6 Å². The first-order valence-corrected chi connectivity index (χ1v) is 7.56. The highest BCUT2D eigenvalue weighted by atomic mass is 16.2. The molecule has 1 unspecified atom stereocenters. The van der Waals surface area contributed by atoms with Gasteiger partial charge in [-0.05, 0) is 36.9 Å². The molecule has 1 aromatic rings. The maximum Gasteiger partial charge on any atom is 0.237 e. The molecule has 20 heavy (non-hydrogen) atoms. The molecule has 108 valence electrons. The molecule has 4 nitrogen and oxygen atoms in total. The molecule has 0 radical (unpaired) electrons. The van der Waals surface area contributed by atoms with Crippen LogP contribution in [0.3, 0.4) is 0 Å². The first-order chi connectivity index (χ1) is 9.78. The van der Waals surface area contributed by atoms with Crippen LogP contribution in [0.15, 0.2) is 24.3 Å². The van der Waals surface area contributed by atoms with Gasteiger partial charge in [-0.25, -0.2) is 0 Å². The Morgan fingerprint density at radius 3 is 2.85 bits per heavy atom. The predicted molar refractivity (Wildman–Crippen MR) is 79.2 cm³/mol. The largest absolute Gasteiger partial charge is 0.337 e. The fraction of sp³-hybridized carbons (Fsp3) is 0.562. The quantitative estimate of drug-likeness (QED) is 0.893. The molecule has 2 aliphatic rings. The number of fused-ring (bicyclic) bond motifs is 1. The van der Waals surface area contributed by atoms with Crippen LogP contribution in [0.4, 0.5) is 0 Å². The average Bonchev–Trinajstić information content (AvgIpc) is 2.94. The van der Waals surface area contributed by atoms with Gasteiger partial charge in [0.2, 0.25) is 5.91 Å². The summed E-state index contributed by atoms with van der Waals surface area (Å²) in [6.45, 7) is 3.81. The zero-order valence-corrected chi connectivity index (χ0v) is 11.9. The summed E-state index contributed by atoms with van der Waals surface area (Å²) < 4.78 is 0. The zero-order valence-electron chi connectivity index (χ0n) is 11.9. The Bertz CT molecular complexity index is 488. The Hall–Kier alpha value is -1.39. The van der Waals surface area contributed by atoms with Crippen LogP contribution in [0.25, 0.3) is 0 Å². The molecule has 0 saturated carbocycles. The summed E-state index contributed by atoms with van der Waals surface area (Å²) in [7, 11) is 0. The number of hydrogen-bond acceptors (Lipinski definition) is 3. The standard InChI is InChI=1S/C16H23N3O/c17-10-15-6-3-8-18(15)12-16(20)19-9-7-13-4-1-2-5-14(13)11-19/h1-2,4-5,15H,3,6-12,17H2. The normalized spacial score (nSPS) is 22.9. The Labute approximate surface area is 120 Å². The number of amides is 1. The lowest BCUT2D eigenvalue weighted by Gasteiger charge is -2.31. The smallest absolute Gasteiger partial charge is 0.237 e. The minimum Gasteiger partial charge on any atom is -0.337 e. The summed E-state index contributed by atoms with van der Waals surface area (Å²) in [5, 5.41) is 0. The molecule has 0 aromatic heterocycles. The third-order valence-corrected chi connectivity index (χ3v) is 4.59. The molecule has 1 aromatic carbocycles. The number of nitrogens with zero attached hydrogens (tertiary/aromatic N) is 2. The molecule has 1 atom stereocenters. The van der Waals surface area contributed by atoms with Gasteiger partial charge in [0, 0.05) is 25.7 Å². The van der Waals surface area contributed by atoms with Crippen LogP contribution < -0.4 is 5.73 Å². The number of likely N-dealkylation sites (tertiary alicyclic amines) is 1. The van der Waals surface area contributed by atoms with E-state index < -0.39 is 0 Å². The second-order valence-corrected chi connectivity index (χ2v) is 5.84. The molecular weight excluding hydrogens is 250 g/mol. The van der Waals surface area contributed by atoms with Crippen molar-refractivity contribution in [3.8, 4) is 0 Å². The van der Waals surface area contributed by atoms with E-state index in [1.54, 1.807) is 0 Å². The summed E-state index contributed by atoms with van der Waals surface area (Å²) in [5.74, 6) is 0.250. The number of nitrogens with two attached hydrogens (primary N) is 1. The highest BCUT2D eigenvalue weighted by Gasteiger charge is 2.28. The average molecular weight is 273 g/mol. The SMILES string of the molecule is NCC1CCCN1CC(=O)N1CCc2ccccc2C1. The van der Waals surface area contributed by atoms with Crippen LogP contribution in [0.1, 0.15) is 24.0 Å². The van der Waals surface area contributed by atoms with Crippen molar-refractivity contribution in [1.82, 2.24) is 9.80 Å². The van der Waals surface area contributed by atoms with Crippen LogP contribution in [0.5, 0.6) is 0 Å². The predicted octanol–water partition coefficient (Wildman–Crippen LogP) is 0.994. The molecular formula is C16H23N3O. The van der Waals surface area contributed by atoms with Gasteiger partial charge in [0.25, 0.3) is 0 Å². The van der Waals surface area contributed by atoms with E-state index in [-0.39, 0.29) is 5.91 Å². The molecule has 1 amide bonds. The van der Waals surface area contributed by atoms with Crippen molar-refractivity contribution < 1.29 is 4.79 Å². The van der Waals surface area contributed by atoms with E-state index in [0.29, 0.717) is 19.1 Å². The van der Waals surface area contributed by atoms with Crippen LogP contribution in [-0.2, 0) is 17.8 Å². The van der Waals surface area contributed by atoms with Crippen LogP contribution >= 0.6 is 0 Å². The first-order valence-electron chi connectivity index (χ1n) is 7.56. The van der Waals surface area contributed by atoms with Crippen LogP contribution in [0, 0.1) is 0 Å². The highest BCUT2D eigenvalue weighted by Crippen LogP contribution is 2.20. The van der Waals surface area contributed by atoms with Crippen molar-refractivity contribution >= 4 is 5.91 Å². The van der Waals surface area contributed by atoms with Gasteiger partial charge in [0.1, 0.15) is 0 Å². The molecule has 0 bridgehead atoms. The third kappa shape index (κ3) is 2.72. The molecule has 2 aliphatic heterocycles. The van der Waals surface area contributed by atoms with E-state index in [2.05, 4.69) is 29.2 Å². The van der Waals surface area contributed by atoms with Crippen molar-refractivity contribution in [2.24, 2.45) is 5.73 Å². The number of carbonyl (C=O) groups excluding carboxylic acids is 1. The van der Waals surface area contributed by atoms with Crippen molar-refractivity contribution in [1.29, 1.82) is 0 Å². The molecule has 2 N–H and O–H groups in total. The molecule has 0 spiro atoms. The van der Waals surface area contributed by atoms with E-state index in [1.807, 2.05) is 4.90 Å². The Morgan fingerprint density at radius 1 is 1.25 bits per heavy atom. The fourth-order valence-electron chi connectivity index (χ4n) is 3.35. The van der Waals surface area contributed by atoms with Gasteiger partial charge in [-0.1, -0.05) is 24.3 Å². The molecule has 4 heteroatoms. The maximum absolute atomic E-state index is 12.5. The lowest BCUT2D eigenvalue weighted by Crippen LogP contribution is -2.45. The minimum atomic E-state index is 0.250. The van der Waals surface area contributed by atoms with Gasteiger partial charge in [0.05, 0.1) is 6.54 Å². The number of carbonyl (C=O) groups is 1. The summed E-state index contributed by atoms with van der Waals surface area (Å²) in [5.41, 5.74) is 8.46. The van der Waals surface area contributed by atoms with E-state index >= 15 is 0 Å². The monoisotopic (exact) mass is 273 g/mol. The van der Waals surface area contributed by atoms with E-state index in [4.69, 9.17) is 5.73 Å². The van der Waals surface area contributed by atoms with Gasteiger partial charge in [-0.2, -0.15) is 0 Å². The fourth-order valence-corrected chi connectivity index (χ4v) is 3.35. The summed E-state index contributed by atoms with van der Waals surface area (Å²) in [6.07, 6.45) is 3.27. The molecule has 1 fully saturated rings. The van der Waals surface area contributed by atoms with E-state index in [0.717, 1.165) is 38.9 Å². The summed E-state index contributed by atoms with van der Waals surface area (Å²) in [6, 6.07) is 8.83. The molecule has 3 rings (SSSR count). The number of hydrogen-bond donors (Lipinski definition) is 1. The van der Waals surface area contributed by atoms with Crippen LogP contribution in [0.2, 0.25) is 0 Å². The van der Waals surface area contributed by atoms with Crippen molar-refractivity contribution in [3.05, 3.63) is 35.4 Å². The van der Waals surface area contributed by atoms with E-state index in [9.17, 15) is 4.79 Å². The number of benzene rings is 1. The van der Waals surface area contributed by atoms with Gasteiger partial charge in [0.15, 0.2) is 0 Å². The highest BCUT2D eigenvalue weighted by molar-refractivity contribution is 5.78. The lowest BCUT2D eigenvalue weighted by atomic mass is 10.00. The Balaban J connectivity index is 1.61. The van der Waals surface area contributed by atoms with Gasteiger partial charge in [-0.15, -0.1) is 0 Å². The molecule has 2 heterocycles. The minimum absolute atomic E-state index is 0.250. The second-order valence-electron chi connectivity index (χ2n) is 5.84. The molecule has 0 aliphatic carbocycles. The zero-order chi connectivity index (χ0) is 13.9. The first kappa shape index (κ1) is 13.6. The Kier molecular flexibility index (Phi) is 4.03. The maximum atomic E-state index is 12.5. The second kappa shape index (κ2) is 5.94. The topological polar surface area (TPSA) is 49.6 Å². The van der Waals surface area contributed by atoms with Crippen molar-refractivity contribution in [2.75, 3.05) is 26.2 Å². The van der Waals surface area contributed by atoms with Gasteiger partial charge in [-0.3, -0.25) is 9.69 Å². The molecule has 1 saturated heterocycles. The summed E-state index contributed by atoms with van der Waals surface area (Å²) in [4.78, 5) is 16.7. The van der Waals surface area contributed by atoms with Crippen molar-refractivity contribution in [3.63, 3.8) is 0 Å². The third-order valence-electron chi connectivity index (χ3n) is 4.59. The number of rotatable bonds is 3. The van der Waals surface area contributed by atoms with Gasteiger partial charge >= 0.3 is 0 Å². The van der Waals surface area contributed by atoms with Crippen molar-refractivity contribution in [2.45, 2.75) is 31.8 Å². The lowest BCUT2D eigenvalue weighted by molar-refractivity contribution is -0.133. The van der Waals surface area contributed by atoms with Crippen LogP contribution in [-0.4, -0.2) is 47.9 Å². The summed E-state index contributed by atoms with van der Waals surface area (Å²) >= 11 is 0.